The van der Waals surface area contributed by atoms with Crippen molar-refractivity contribution in [3.63, 3.8) is 0 Å². The molecule has 0 radical (unpaired) electrons. The second-order valence-electron chi connectivity index (χ2n) is 18.0. The number of pyridine rings is 1. The van der Waals surface area contributed by atoms with Crippen molar-refractivity contribution in [3.8, 4) is 5.88 Å². The summed E-state index contributed by atoms with van der Waals surface area (Å²) in [5.74, 6) is -3.89. The fraction of sp³-hybridized carbons (Fsp3) is 0.391. The van der Waals surface area contributed by atoms with Gasteiger partial charge in [-0.05, 0) is 90.4 Å². The highest BCUT2D eigenvalue weighted by Crippen LogP contribution is 2.46. The van der Waals surface area contributed by atoms with Gasteiger partial charge in [0.25, 0.3) is 21.6 Å². The Morgan fingerprint density at radius 2 is 1.76 bits per heavy atom. The molecule has 16 nitrogen and oxygen atoms in total. The fourth-order valence-electron chi connectivity index (χ4n) is 9.00. The number of nitrogens with zero attached hydrogens (tertiary/aromatic N) is 5. The summed E-state index contributed by atoms with van der Waals surface area (Å²) in [6, 6.07) is 18.6. The third-order valence-corrected chi connectivity index (χ3v) is 14.1. The highest BCUT2D eigenvalue weighted by atomic mass is 35.5. The Balaban J connectivity index is 1.00. The van der Waals surface area contributed by atoms with Gasteiger partial charge >= 0.3 is 6.11 Å². The molecule has 21 heteroatoms. The van der Waals surface area contributed by atoms with Crippen molar-refractivity contribution in [1.29, 1.82) is 0 Å². The molecule has 3 aliphatic heterocycles. The van der Waals surface area contributed by atoms with Crippen LogP contribution in [0.4, 0.5) is 41.6 Å². The Morgan fingerprint density at radius 1 is 0.985 bits per heavy atom. The summed E-state index contributed by atoms with van der Waals surface area (Å²) in [6.07, 6.45) is 0.778. The number of nitrogens with one attached hydrogen (secondary N) is 3. The van der Waals surface area contributed by atoms with Crippen LogP contribution < -0.4 is 24.6 Å². The van der Waals surface area contributed by atoms with E-state index in [4.69, 9.17) is 25.8 Å². The van der Waals surface area contributed by atoms with Crippen LogP contribution in [-0.4, -0.2) is 112 Å². The number of H-pyrrole nitrogens is 1. The van der Waals surface area contributed by atoms with Crippen LogP contribution in [0.25, 0.3) is 16.6 Å². The van der Waals surface area contributed by atoms with Crippen molar-refractivity contribution in [1.82, 2.24) is 19.6 Å². The van der Waals surface area contributed by atoms with Gasteiger partial charge < -0.3 is 34.3 Å². The van der Waals surface area contributed by atoms with E-state index in [-0.39, 0.29) is 46.9 Å². The number of benzene rings is 3. The zero-order valence-corrected chi connectivity index (χ0v) is 38.2. The molecule has 5 aromatic rings. The highest BCUT2D eigenvalue weighted by molar-refractivity contribution is 7.90. The normalized spacial score (nSPS) is 20.9. The van der Waals surface area contributed by atoms with Gasteiger partial charge in [-0.25, -0.2) is 17.5 Å². The number of hydrogen-bond donors (Lipinski definition) is 3. The van der Waals surface area contributed by atoms with Crippen molar-refractivity contribution in [2.24, 2.45) is 5.41 Å². The first-order valence-corrected chi connectivity index (χ1v) is 23.6. The molecule has 1 amide bonds. The van der Waals surface area contributed by atoms with Crippen molar-refractivity contribution in [3.05, 3.63) is 111 Å². The lowest BCUT2D eigenvalue weighted by Crippen LogP contribution is -2.47. The fourth-order valence-corrected chi connectivity index (χ4v) is 10.1. The number of aromatic nitrogens is 2. The molecule has 4 aliphatic rings. The summed E-state index contributed by atoms with van der Waals surface area (Å²) in [5, 5.41) is 15.9. The Kier molecular flexibility index (Phi) is 12.4. The second kappa shape index (κ2) is 17.9. The summed E-state index contributed by atoms with van der Waals surface area (Å²) in [6.45, 7) is 5.99. The van der Waals surface area contributed by atoms with Crippen molar-refractivity contribution in [2.45, 2.75) is 50.0 Å². The lowest BCUT2D eigenvalue weighted by Gasteiger charge is -2.40. The zero-order valence-electron chi connectivity index (χ0n) is 36.6. The summed E-state index contributed by atoms with van der Waals surface area (Å²) >= 11 is 6.24. The molecule has 5 heterocycles. The minimum atomic E-state index is -4.84. The predicted octanol–water partition coefficient (Wildman–Crippen LogP) is 8.28. The summed E-state index contributed by atoms with van der Waals surface area (Å²) in [4.78, 5) is 37.7. The molecular formula is C46H48ClF3N8O8S. The van der Waals surface area contributed by atoms with Gasteiger partial charge in [0.15, 0.2) is 0 Å². The van der Waals surface area contributed by atoms with Crippen LogP contribution in [0.5, 0.6) is 5.88 Å². The molecule has 0 bridgehead atoms. The van der Waals surface area contributed by atoms with Crippen LogP contribution in [0, 0.1) is 15.5 Å². The van der Waals surface area contributed by atoms with Crippen molar-refractivity contribution >= 4 is 72.6 Å². The number of nitro benzene ring substituents is 1. The number of halogens is 4. The number of aromatic amines is 1. The van der Waals surface area contributed by atoms with Crippen LogP contribution >= 0.6 is 11.6 Å². The van der Waals surface area contributed by atoms with E-state index >= 15 is 13.2 Å². The predicted molar refractivity (Wildman–Crippen MR) is 247 cm³/mol. The van der Waals surface area contributed by atoms with Crippen LogP contribution in [0.2, 0.25) is 5.02 Å². The zero-order chi connectivity index (χ0) is 47.3. The molecule has 9 rings (SSSR count). The number of piperazine rings is 1. The van der Waals surface area contributed by atoms with Gasteiger partial charge in [0, 0.05) is 61.1 Å². The van der Waals surface area contributed by atoms with E-state index < -0.39 is 69.0 Å². The molecule has 3 aromatic carbocycles. The van der Waals surface area contributed by atoms with Crippen LogP contribution in [0.1, 0.15) is 49.0 Å². The van der Waals surface area contributed by atoms with Gasteiger partial charge in [-0.1, -0.05) is 43.2 Å². The molecule has 3 N–H and O–H groups in total. The maximum Gasteiger partial charge on any atom is 0.417 e. The standard InChI is InChI=1S/C46H48ClF3N8O8S/c1-44(2)13-11-31(36(24-44)29-3-5-32(47)6-4-29)25-55-15-17-56(18-16-55)33-7-9-35(38(22-33)57-27-46(49,50)66-43-40(57)21-30-12-14-51-41(30)53-43)42(59)54-67(62,63)34-8-10-37(39(23-34)58(60)61)52-26-45(48)28-64-19-20-65-45/h3-10,12,14,21-23,52H,11,13,15-20,24-28H2,1-2H3,(H,51,53)(H,54,59)/t45-/m1/s1. The number of carbonyl (C=O) groups excluding carboxylic acids is 1. The first-order valence-electron chi connectivity index (χ1n) is 21.8. The van der Waals surface area contributed by atoms with Crippen LogP contribution in [0.15, 0.2) is 89.5 Å². The van der Waals surface area contributed by atoms with E-state index in [2.05, 4.69) is 51.1 Å². The van der Waals surface area contributed by atoms with E-state index in [0.29, 0.717) is 42.3 Å². The quantitative estimate of drug-likeness (QED) is 0.0803. The Morgan fingerprint density at radius 3 is 2.49 bits per heavy atom. The van der Waals surface area contributed by atoms with Gasteiger partial charge in [-0.3, -0.25) is 19.8 Å². The maximum absolute atomic E-state index is 15.5. The van der Waals surface area contributed by atoms with Gasteiger partial charge in [-0.2, -0.15) is 13.8 Å². The number of sulfonamides is 1. The molecule has 354 valence electrons. The highest BCUT2D eigenvalue weighted by Gasteiger charge is 2.44. The molecule has 1 aliphatic carbocycles. The Bertz CT molecular complexity index is 2870. The number of allylic oxidation sites excluding steroid dienone is 1. The van der Waals surface area contributed by atoms with E-state index in [0.717, 1.165) is 44.0 Å². The third-order valence-electron chi connectivity index (χ3n) is 12.6. The SMILES string of the molecule is CC1(C)CCC(CN2CCN(c3ccc(C(=O)NS(=O)(=O)c4ccc(NC[C@]5(F)COCCO5)c([N+](=O)[O-])c4)c(N4CC(F)(F)Oc5nc6[nH]ccc6cc54)c3)CC2)=C(c2ccc(Cl)cc2)C1. The number of carbonyl (C=O) groups is 1. The number of alkyl halides is 3. The number of hydrogen-bond acceptors (Lipinski definition) is 13. The molecule has 0 saturated carbocycles. The molecule has 2 aromatic heterocycles. The third kappa shape index (κ3) is 10.0. The smallest absolute Gasteiger partial charge is 0.411 e. The summed E-state index contributed by atoms with van der Waals surface area (Å²) < 4.78 is 91.0. The lowest BCUT2D eigenvalue weighted by atomic mass is 9.72. The van der Waals surface area contributed by atoms with Crippen molar-refractivity contribution in [2.75, 3.05) is 80.8 Å². The number of nitro groups is 1. The molecule has 1 atom stereocenters. The lowest BCUT2D eigenvalue weighted by molar-refractivity contribution is -0.384. The Labute approximate surface area is 389 Å². The molecule has 67 heavy (non-hydrogen) atoms. The van der Waals surface area contributed by atoms with E-state index in [1.54, 1.807) is 30.5 Å². The minimum absolute atomic E-state index is 0.0298. The van der Waals surface area contributed by atoms with Crippen LogP contribution in [0.3, 0.4) is 0 Å². The Hall–Kier alpha value is -5.93. The molecule has 2 saturated heterocycles. The first-order chi connectivity index (χ1) is 31.8. The maximum atomic E-state index is 15.5. The van der Waals surface area contributed by atoms with Gasteiger partial charge in [0.1, 0.15) is 30.2 Å². The van der Waals surface area contributed by atoms with Crippen LogP contribution in [-0.2, 0) is 19.5 Å². The van der Waals surface area contributed by atoms with E-state index in [9.17, 15) is 23.3 Å². The number of anilines is 4. The van der Waals surface area contributed by atoms with Crippen molar-refractivity contribution < 1.29 is 45.5 Å². The van der Waals surface area contributed by atoms with Gasteiger partial charge in [0.05, 0.1) is 40.8 Å². The second-order valence-corrected chi connectivity index (χ2v) is 20.1. The summed E-state index contributed by atoms with van der Waals surface area (Å²) in [7, 11) is -4.84. The van der Waals surface area contributed by atoms with Gasteiger partial charge in [0.2, 0.25) is 11.7 Å². The average Bonchev–Trinajstić information content (AvgIpc) is 3.75. The topological polar surface area (TPSA) is 185 Å². The molecule has 2 fully saturated rings. The monoisotopic (exact) mass is 964 g/mol. The van der Waals surface area contributed by atoms with E-state index in [1.165, 1.54) is 27.7 Å². The molecular weight excluding hydrogens is 917 g/mol. The number of amides is 1. The largest absolute Gasteiger partial charge is 0.417 e. The number of ether oxygens (including phenoxy) is 3. The average molecular weight is 965 g/mol. The van der Waals surface area contributed by atoms with Gasteiger partial charge in [-0.15, -0.1) is 0 Å². The minimum Gasteiger partial charge on any atom is -0.411 e. The summed E-state index contributed by atoms with van der Waals surface area (Å²) in [5.41, 5.74) is 3.75. The molecule has 0 unspecified atom stereocenters. The first kappa shape index (κ1) is 46.2. The number of fused-ring (bicyclic) bond motifs is 2. The number of rotatable bonds is 12. The molecule has 0 spiro atoms. The van der Waals surface area contributed by atoms with E-state index in [1.807, 2.05) is 16.9 Å².